The molecule has 0 aromatic heterocycles. The molecule has 1 fully saturated rings. The third-order valence-electron chi connectivity index (χ3n) is 3.22. The average molecular weight is 301 g/mol. The number of likely N-dealkylation sites (N-methyl/N-ethyl adjacent to an activating group) is 1. The molecule has 0 atom stereocenters. The molecule has 0 aliphatic heterocycles. The van der Waals surface area contributed by atoms with Crippen molar-refractivity contribution in [2.24, 2.45) is 0 Å². The van der Waals surface area contributed by atoms with Gasteiger partial charge in [0.15, 0.2) is 0 Å². The lowest BCUT2D eigenvalue weighted by Crippen LogP contribution is -2.53. The number of carbonyl (C=O) groups is 1. The molecule has 0 unspecified atom stereocenters. The van der Waals surface area contributed by atoms with E-state index in [1.165, 1.54) is 0 Å². The van der Waals surface area contributed by atoms with Gasteiger partial charge in [-0.1, -0.05) is 0 Å². The molecule has 1 aliphatic carbocycles. The summed E-state index contributed by atoms with van der Waals surface area (Å²) < 4.78 is 10.7. The Kier molecular flexibility index (Phi) is 7.42. The topological polar surface area (TPSA) is 62.8 Å². The number of amides is 1. The summed E-state index contributed by atoms with van der Waals surface area (Å²) in [6.45, 7) is 8.91. The minimum absolute atomic E-state index is 0.229. The molecule has 0 radical (unpaired) electrons. The number of hydrogen-bond donors (Lipinski definition) is 2. The van der Waals surface area contributed by atoms with Crippen LogP contribution in [0.5, 0.6) is 0 Å². The molecule has 6 heteroatoms. The smallest absolute Gasteiger partial charge is 0.407 e. The van der Waals surface area contributed by atoms with Crippen LogP contribution in [0.25, 0.3) is 0 Å². The summed E-state index contributed by atoms with van der Waals surface area (Å²) in [4.78, 5) is 13.7. The van der Waals surface area contributed by atoms with Crippen molar-refractivity contribution >= 4 is 6.09 Å². The maximum atomic E-state index is 11.6. The molecule has 0 saturated heterocycles. The van der Waals surface area contributed by atoms with Crippen molar-refractivity contribution in [1.82, 2.24) is 15.5 Å². The fraction of sp³-hybridized carbons (Fsp3) is 0.933. The lowest BCUT2D eigenvalue weighted by atomic mass is 9.87. The van der Waals surface area contributed by atoms with E-state index in [1.54, 1.807) is 0 Å². The summed E-state index contributed by atoms with van der Waals surface area (Å²) in [7, 11) is 4.07. The Hall–Kier alpha value is -0.850. The van der Waals surface area contributed by atoms with Crippen molar-refractivity contribution in [2.45, 2.75) is 51.3 Å². The Balaban J connectivity index is 1.95. The Labute approximate surface area is 128 Å². The van der Waals surface area contributed by atoms with Crippen LogP contribution in [0.15, 0.2) is 0 Å². The van der Waals surface area contributed by atoms with Crippen molar-refractivity contribution in [3.63, 3.8) is 0 Å². The second-order valence-corrected chi connectivity index (χ2v) is 6.88. The average Bonchev–Trinajstić information content (AvgIpc) is 2.26. The van der Waals surface area contributed by atoms with E-state index in [2.05, 4.69) is 15.5 Å². The van der Waals surface area contributed by atoms with Gasteiger partial charge in [-0.2, -0.15) is 0 Å². The predicted octanol–water partition coefficient (Wildman–Crippen LogP) is 1.21. The van der Waals surface area contributed by atoms with Gasteiger partial charge in [-0.15, -0.1) is 0 Å². The molecule has 21 heavy (non-hydrogen) atoms. The molecule has 0 aromatic carbocycles. The molecule has 0 aromatic rings. The van der Waals surface area contributed by atoms with E-state index in [1.807, 2.05) is 34.9 Å². The van der Waals surface area contributed by atoms with Crippen LogP contribution in [0.1, 0.15) is 33.6 Å². The van der Waals surface area contributed by atoms with E-state index in [0.717, 1.165) is 39.1 Å². The third-order valence-corrected chi connectivity index (χ3v) is 3.22. The minimum Gasteiger partial charge on any atom is -0.444 e. The van der Waals surface area contributed by atoms with Crippen molar-refractivity contribution < 1.29 is 14.3 Å². The maximum Gasteiger partial charge on any atom is 0.407 e. The summed E-state index contributed by atoms with van der Waals surface area (Å²) in [6.07, 6.45) is 1.59. The van der Waals surface area contributed by atoms with Gasteiger partial charge in [0.1, 0.15) is 5.60 Å². The predicted molar refractivity (Wildman–Crippen MR) is 83.6 cm³/mol. The molecule has 0 spiro atoms. The van der Waals surface area contributed by atoms with Crippen molar-refractivity contribution in [3.05, 3.63) is 0 Å². The molecule has 1 aliphatic rings. The Morgan fingerprint density at radius 2 is 1.86 bits per heavy atom. The summed E-state index contributed by atoms with van der Waals surface area (Å²) in [5.41, 5.74) is -0.435. The fourth-order valence-electron chi connectivity index (χ4n) is 2.06. The first kappa shape index (κ1) is 18.2. The van der Waals surface area contributed by atoms with Crippen LogP contribution in [0.2, 0.25) is 0 Å². The second-order valence-electron chi connectivity index (χ2n) is 6.88. The van der Waals surface area contributed by atoms with Crippen LogP contribution in [-0.4, -0.2) is 69.1 Å². The van der Waals surface area contributed by atoms with Crippen molar-refractivity contribution in [2.75, 3.05) is 40.4 Å². The van der Waals surface area contributed by atoms with Gasteiger partial charge in [0.05, 0.1) is 13.2 Å². The van der Waals surface area contributed by atoms with Crippen molar-refractivity contribution in [3.8, 4) is 0 Å². The highest BCUT2D eigenvalue weighted by Crippen LogP contribution is 2.20. The van der Waals surface area contributed by atoms with Gasteiger partial charge in [0, 0.05) is 25.2 Å². The number of hydrogen-bond acceptors (Lipinski definition) is 5. The zero-order valence-corrected chi connectivity index (χ0v) is 14.1. The lowest BCUT2D eigenvalue weighted by molar-refractivity contribution is 0.0461. The third kappa shape index (κ3) is 8.90. The number of alkyl carbamates (subject to hydrolysis) is 1. The highest BCUT2D eigenvalue weighted by Gasteiger charge is 2.31. The number of rotatable bonds is 8. The molecular weight excluding hydrogens is 270 g/mol. The first-order chi connectivity index (χ1) is 9.76. The SMILES string of the molecule is CN(C)CCOCCNC1CC(NC(=O)OC(C)(C)C)C1. The Morgan fingerprint density at radius 3 is 2.43 bits per heavy atom. The van der Waals surface area contributed by atoms with Crippen molar-refractivity contribution in [1.29, 1.82) is 0 Å². The van der Waals surface area contributed by atoms with Gasteiger partial charge in [-0.25, -0.2) is 4.79 Å². The zero-order valence-electron chi connectivity index (χ0n) is 14.1. The molecule has 2 N–H and O–H groups in total. The highest BCUT2D eigenvalue weighted by atomic mass is 16.6. The first-order valence-electron chi connectivity index (χ1n) is 7.71. The summed E-state index contributed by atoms with van der Waals surface area (Å²) in [6, 6.07) is 0.703. The van der Waals surface area contributed by atoms with Crippen LogP contribution in [0.3, 0.4) is 0 Å². The standard InChI is InChI=1S/C15H31N3O3/c1-15(2,3)21-14(19)17-13-10-12(11-13)16-6-8-20-9-7-18(4)5/h12-13,16H,6-11H2,1-5H3,(H,17,19). The number of nitrogens with zero attached hydrogens (tertiary/aromatic N) is 1. The number of nitrogens with one attached hydrogen (secondary N) is 2. The summed E-state index contributed by atoms with van der Waals surface area (Å²) in [5, 5.41) is 6.32. The number of ether oxygens (including phenoxy) is 2. The molecule has 124 valence electrons. The highest BCUT2D eigenvalue weighted by molar-refractivity contribution is 5.68. The summed E-state index contributed by atoms with van der Waals surface area (Å²) >= 11 is 0. The van der Waals surface area contributed by atoms with E-state index >= 15 is 0 Å². The van der Waals surface area contributed by atoms with Crippen LogP contribution in [0.4, 0.5) is 4.79 Å². The van der Waals surface area contributed by atoms with Gasteiger partial charge in [-0.3, -0.25) is 0 Å². The normalized spacial score (nSPS) is 22.0. The largest absolute Gasteiger partial charge is 0.444 e. The fourth-order valence-corrected chi connectivity index (χ4v) is 2.06. The monoisotopic (exact) mass is 301 g/mol. The van der Waals surface area contributed by atoms with E-state index in [-0.39, 0.29) is 12.1 Å². The van der Waals surface area contributed by atoms with E-state index < -0.39 is 5.60 Å². The van der Waals surface area contributed by atoms with Crippen LogP contribution in [-0.2, 0) is 9.47 Å². The molecule has 6 nitrogen and oxygen atoms in total. The molecule has 1 saturated carbocycles. The van der Waals surface area contributed by atoms with Gasteiger partial charge in [0.2, 0.25) is 0 Å². The van der Waals surface area contributed by atoms with E-state index in [0.29, 0.717) is 6.04 Å². The minimum atomic E-state index is -0.435. The summed E-state index contributed by atoms with van der Waals surface area (Å²) in [5.74, 6) is 0. The quantitative estimate of drug-likeness (QED) is 0.660. The second kappa shape index (κ2) is 8.56. The van der Waals surface area contributed by atoms with Crippen LogP contribution >= 0.6 is 0 Å². The van der Waals surface area contributed by atoms with Gasteiger partial charge in [-0.05, 0) is 47.7 Å². The maximum absolute atomic E-state index is 11.6. The first-order valence-corrected chi connectivity index (χ1v) is 7.71. The molecule has 1 rings (SSSR count). The molecule has 0 bridgehead atoms. The molecular formula is C15H31N3O3. The van der Waals surface area contributed by atoms with E-state index in [9.17, 15) is 4.79 Å². The Bertz CT molecular complexity index is 310. The van der Waals surface area contributed by atoms with Gasteiger partial charge >= 0.3 is 6.09 Å². The zero-order chi connectivity index (χ0) is 15.9. The Morgan fingerprint density at radius 1 is 1.19 bits per heavy atom. The van der Waals surface area contributed by atoms with Crippen LogP contribution < -0.4 is 10.6 Å². The van der Waals surface area contributed by atoms with Gasteiger partial charge < -0.3 is 25.0 Å². The molecule has 0 heterocycles. The molecule has 1 amide bonds. The number of carbonyl (C=O) groups excluding carboxylic acids is 1. The van der Waals surface area contributed by atoms with Gasteiger partial charge in [0.25, 0.3) is 0 Å². The van der Waals surface area contributed by atoms with E-state index in [4.69, 9.17) is 9.47 Å². The lowest BCUT2D eigenvalue weighted by Gasteiger charge is -2.36. The van der Waals surface area contributed by atoms with Crippen LogP contribution in [0, 0.1) is 0 Å².